The minimum Gasteiger partial charge on any atom is -0.492 e. The van der Waals surface area contributed by atoms with E-state index < -0.39 is 29.8 Å². The van der Waals surface area contributed by atoms with Crippen LogP contribution in [0.5, 0.6) is 11.5 Å². The highest BCUT2D eigenvalue weighted by molar-refractivity contribution is 5.99. The minimum atomic E-state index is -1.03. The average Bonchev–Trinajstić information content (AvgIpc) is 2.89. The monoisotopic (exact) mass is 514 g/mol. The molecule has 1 heterocycles. The number of likely N-dealkylation sites (N-methyl/N-ethyl adjacent to an activating group) is 1. The van der Waals surface area contributed by atoms with Crippen molar-refractivity contribution < 1.29 is 33.0 Å². The van der Waals surface area contributed by atoms with E-state index in [2.05, 4.69) is 16.0 Å². The largest absolute Gasteiger partial charge is 0.492 e. The van der Waals surface area contributed by atoms with Crippen molar-refractivity contribution in [2.24, 2.45) is 0 Å². The Morgan fingerprint density at radius 2 is 1.86 bits per heavy atom. The Kier molecular flexibility index (Phi) is 9.82. The third-order valence-electron chi connectivity index (χ3n) is 5.71. The molecule has 11 heteroatoms. The molecule has 0 aliphatic carbocycles. The third kappa shape index (κ3) is 8.19. The second kappa shape index (κ2) is 13.2. The van der Waals surface area contributed by atoms with Crippen LogP contribution < -0.4 is 25.4 Å². The highest BCUT2D eigenvalue weighted by Crippen LogP contribution is 2.18. The fourth-order valence-electron chi connectivity index (χ4n) is 3.67. The Balaban J connectivity index is 1.70. The number of carbonyl (C=O) groups is 4. The fourth-order valence-corrected chi connectivity index (χ4v) is 3.67. The number of amides is 4. The summed E-state index contributed by atoms with van der Waals surface area (Å²) < 4.78 is 24.3. The van der Waals surface area contributed by atoms with E-state index in [4.69, 9.17) is 9.47 Å². The van der Waals surface area contributed by atoms with Crippen LogP contribution in [-0.4, -0.2) is 74.0 Å². The molecule has 37 heavy (non-hydrogen) atoms. The molecule has 3 rings (SSSR count). The molecule has 0 unspecified atom stereocenters. The first kappa shape index (κ1) is 27.4. The molecule has 0 radical (unpaired) electrons. The number of ether oxygens (including phenoxy) is 2. The Morgan fingerprint density at radius 3 is 2.62 bits per heavy atom. The van der Waals surface area contributed by atoms with Gasteiger partial charge < -0.3 is 30.3 Å². The summed E-state index contributed by atoms with van der Waals surface area (Å²) in [5.41, 5.74) is 0.224. The molecule has 2 atom stereocenters. The van der Waals surface area contributed by atoms with Gasteiger partial charge in [-0.1, -0.05) is 12.1 Å². The number of fused-ring (bicyclic) bond motifs is 1. The second-order valence-electron chi connectivity index (χ2n) is 8.55. The first-order valence-corrected chi connectivity index (χ1v) is 12.0. The van der Waals surface area contributed by atoms with Crippen LogP contribution in [0.4, 0.5) is 4.39 Å². The fraction of sp³-hybridized carbons (Fsp3) is 0.385. The molecule has 10 nitrogen and oxygen atoms in total. The zero-order chi connectivity index (χ0) is 26.8. The number of hydrogen-bond donors (Lipinski definition) is 3. The number of halogens is 1. The summed E-state index contributed by atoms with van der Waals surface area (Å²) in [5, 5.41) is 8.00. The SMILES string of the molecule is C[C@@H]1NC(=O)CC[C@@H](C(=O)NCCOc2ccc(F)cc2)NC(=O)c2ccccc2OCCN(C)C1=O. The van der Waals surface area contributed by atoms with E-state index in [1.165, 1.54) is 29.2 Å². The Morgan fingerprint density at radius 1 is 1.14 bits per heavy atom. The van der Waals surface area contributed by atoms with Gasteiger partial charge in [0, 0.05) is 13.5 Å². The number of benzene rings is 2. The molecule has 1 aliphatic rings. The molecule has 0 aromatic heterocycles. The van der Waals surface area contributed by atoms with Gasteiger partial charge in [-0.2, -0.15) is 0 Å². The molecule has 0 fully saturated rings. The average molecular weight is 515 g/mol. The first-order valence-electron chi connectivity index (χ1n) is 12.0. The molecule has 0 bridgehead atoms. The topological polar surface area (TPSA) is 126 Å². The van der Waals surface area contributed by atoms with Crippen molar-refractivity contribution in [1.29, 1.82) is 0 Å². The lowest BCUT2D eigenvalue weighted by atomic mass is 10.1. The lowest BCUT2D eigenvalue weighted by Gasteiger charge is -2.22. The van der Waals surface area contributed by atoms with Crippen LogP contribution >= 0.6 is 0 Å². The van der Waals surface area contributed by atoms with Crippen molar-refractivity contribution in [2.45, 2.75) is 31.8 Å². The van der Waals surface area contributed by atoms with Crippen molar-refractivity contribution >= 4 is 23.6 Å². The van der Waals surface area contributed by atoms with E-state index in [0.29, 0.717) is 11.5 Å². The number of para-hydroxylation sites is 1. The van der Waals surface area contributed by atoms with Crippen LogP contribution in [0, 0.1) is 5.82 Å². The molecule has 1 aliphatic heterocycles. The Labute approximate surface area is 214 Å². The summed E-state index contributed by atoms with van der Waals surface area (Å²) in [6.45, 7) is 2.19. The zero-order valence-electron chi connectivity index (χ0n) is 20.8. The Hall–Kier alpha value is -4.15. The molecule has 0 saturated carbocycles. The maximum absolute atomic E-state index is 13.1. The normalized spacial score (nSPS) is 19.3. The van der Waals surface area contributed by atoms with Gasteiger partial charge >= 0.3 is 0 Å². The maximum Gasteiger partial charge on any atom is 0.255 e. The van der Waals surface area contributed by atoms with Crippen molar-refractivity contribution in [3.63, 3.8) is 0 Å². The highest BCUT2D eigenvalue weighted by Gasteiger charge is 2.26. The maximum atomic E-state index is 13.1. The van der Waals surface area contributed by atoms with Gasteiger partial charge in [0.05, 0.1) is 18.7 Å². The van der Waals surface area contributed by atoms with Gasteiger partial charge in [0.25, 0.3) is 5.91 Å². The predicted molar refractivity (Wildman–Crippen MR) is 133 cm³/mol. The summed E-state index contributed by atoms with van der Waals surface area (Å²) >= 11 is 0. The smallest absolute Gasteiger partial charge is 0.255 e. The second-order valence-corrected chi connectivity index (χ2v) is 8.55. The predicted octanol–water partition coefficient (Wildman–Crippen LogP) is 1.26. The number of nitrogens with one attached hydrogen (secondary N) is 3. The van der Waals surface area contributed by atoms with Crippen molar-refractivity contribution in [3.05, 3.63) is 59.9 Å². The molecule has 3 N–H and O–H groups in total. The molecule has 0 saturated heterocycles. The number of nitrogens with zero attached hydrogens (tertiary/aromatic N) is 1. The van der Waals surface area contributed by atoms with Gasteiger partial charge in [-0.15, -0.1) is 0 Å². The summed E-state index contributed by atoms with van der Waals surface area (Å²) in [7, 11) is 1.60. The van der Waals surface area contributed by atoms with Crippen LogP contribution in [0.2, 0.25) is 0 Å². The van der Waals surface area contributed by atoms with Gasteiger partial charge in [0.15, 0.2) is 0 Å². The molecule has 0 spiro atoms. The molecule has 4 amide bonds. The van der Waals surface area contributed by atoms with Crippen molar-refractivity contribution in [1.82, 2.24) is 20.9 Å². The van der Waals surface area contributed by atoms with Crippen LogP contribution in [0.25, 0.3) is 0 Å². The molecule has 2 aromatic carbocycles. The molecular formula is C26H31FN4O6. The standard InChI is InChI=1S/C26H31FN4O6/c1-17-26(35)31(2)14-16-37-22-6-4-3-5-20(22)24(33)30-21(11-12-23(32)29-17)25(34)28-13-15-36-19-9-7-18(27)8-10-19/h3-10,17,21H,11-16H2,1-2H3,(H,28,34)(H,29,32)(H,30,33)/t17-,21-/m0/s1. The highest BCUT2D eigenvalue weighted by atomic mass is 19.1. The van der Waals surface area contributed by atoms with Gasteiger partial charge in [-0.25, -0.2) is 4.39 Å². The van der Waals surface area contributed by atoms with E-state index in [-0.39, 0.29) is 56.4 Å². The van der Waals surface area contributed by atoms with Gasteiger partial charge in [0.2, 0.25) is 17.7 Å². The van der Waals surface area contributed by atoms with Crippen LogP contribution in [0.1, 0.15) is 30.1 Å². The van der Waals surface area contributed by atoms with E-state index in [1.54, 1.807) is 38.2 Å². The first-order chi connectivity index (χ1) is 17.7. The van der Waals surface area contributed by atoms with Crippen molar-refractivity contribution in [3.8, 4) is 11.5 Å². The lowest BCUT2D eigenvalue weighted by Crippen LogP contribution is -2.49. The van der Waals surface area contributed by atoms with Crippen molar-refractivity contribution in [2.75, 3.05) is 33.4 Å². The van der Waals surface area contributed by atoms with Gasteiger partial charge in [-0.05, 0) is 49.7 Å². The summed E-state index contributed by atoms with van der Waals surface area (Å²) in [5.74, 6) is -1.38. The summed E-state index contributed by atoms with van der Waals surface area (Å²) in [4.78, 5) is 52.5. The van der Waals surface area contributed by atoms with E-state index in [9.17, 15) is 23.6 Å². The number of hydrogen-bond acceptors (Lipinski definition) is 6. The quantitative estimate of drug-likeness (QED) is 0.516. The third-order valence-corrected chi connectivity index (χ3v) is 5.71. The number of carbonyl (C=O) groups excluding carboxylic acids is 4. The molecule has 2 aromatic rings. The molecule has 198 valence electrons. The summed E-state index contributed by atoms with van der Waals surface area (Å²) in [6.07, 6.45) is -0.0913. The van der Waals surface area contributed by atoms with Gasteiger partial charge in [0.1, 0.15) is 42.6 Å². The number of rotatable bonds is 5. The van der Waals surface area contributed by atoms with E-state index in [0.717, 1.165) is 0 Å². The van der Waals surface area contributed by atoms with E-state index in [1.807, 2.05) is 0 Å². The zero-order valence-corrected chi connectivity index (χ0v) is 20.8. The Bertz CT molecular complexity index is 1110. The lowest BCUT2D eigenvalue weighted by molar-refractivity contribution is -0.135. The van der Waals surface area contributed by atoms with Gasteiger partial charge in [-0.3, -0.25) is 19.2 Å². The molecular weight excluding hydrogens is 483 g/mol. The summed E-state index contributed by atoms with van der Waals surface area (Å²) in [6, 6.07) is 10.3. The minimum absolute atomic E-state index is 0.00198. The van der Waals surface area contributed by atoms with Crippen LogP contribution in [0.15, 0.2) is 48.5 Å². The van der Waals surface area contributed by atoms with Crippen LogP contribution in [0.3, 0.4) is 0 Å². The van der Waals surface area contributed by atoms with E-state index >= 15 is 0 Å². The van der Waals surface area contributed by atoms with Crippen LogP contribution in [-0.2, 0) is 14.4 Å².